The maximum atomic E-state index is 12.4. The van der Waals surface area contributed by atoms with Gasteiger partial charge in [0.1, 0.15) is 11.8 Å². The second-order valence-corrected chi connectivity index (χ2v) is 5.05. The Morgan fingerprint density at radius 1 is 1.45 bits per heavy atom. The first-order valence-electron chi connectivity index (χ1n) is 6.84. The van der Waals surface area contributed by atoms with Crippen molar-refractivity contribution in [3.8, 4) is 5.75 Å². The molecule has 1 aromatic rings. The number of rotatable bonds is 4. The molecule has 20 heavy (non-hydrogen) atoms. The lowest BCUT2D eigenvalue weighted by Gasteiger charge is -2.32. The molecule has 2 atom stereocenters. The zero-order valence-electron chi connectivity index (χ0n) is 12.3. The predicted molar refractivity (Wildman–Crippen MR) is 76.7 cm³/mol. The molecule has 0 unspecified atom stereocenters. The van der Waals surface area contributed by atoms with Crippen LogP contribution in [0.1, 0.15) is 12.5 Å². The summed E-state index contributed by atoms with van der Waals surface area (Å²) in [6.45, 7) is 3.88. The Balaban J connectivity index is 1.95. The van der Waals surface area contributed by atoms with Crippen molar-refractivity contribution >= 4 is 5.91 Å². The molecule has 1 N–H and O–H groups in total. The highest BCUT2D eigenvalue weighted by Gasteiger charge is 2.30. The number of nitrogens with zero attached hydrogens (tertiary/aromatic N) is 1. The fourth-order valence-corrected chi connectivity index (χ4v) is 2.33. The van der Waals surface area contributed by atoms with Gasteiger partial charge in [-0.25, -0.2) is 0 Å². The zero-order valence-corrected chi connectivity index (χ0v) is 12.3. The van der Waals surface area contributed by atoms with Crippen molar-refractivity contribution in [3.63, 3.8) is 0 Å². The van der Waals surface area contributed by atoms with Crippen LogP contribution >= 0.6 is 0 Å². The van der Waals surface area contributed by atoms with Gasteiger partial charge in [-0.05, 0) is 24.6 Å². The highest BCUT2D eigenvalue weighted by molar-refractivity contribution is 5.82. The molecule has 1 aliphatic heterocycles. The topological polar surface area (TPSA) is 50.8 Å². The van der Waals surface area contributed by atoms with E-state index in [1.807, 2.05) is 38.2 Å². The minimum Gasteiger partial charge on any atom is -0.497 e. The second-order valence-electron chi connectivity index (χ2n) is 5.05. The summed E-state index contributed by atoms with van der Waals surface area (Å²) in [5.41, 5.74) is 1.08. The van der Waals surface area contributed by atoms with Gasteiger partial charge < -0.3 is 19.7 Å². The Morgan fingerprint density at radius 3 is 2.75 bits per heavy atom. The van der Waals surface area contributed by atoms with Crippen LogP contribution in [0.3, 0.4) is 0 Å². The first-order valence-corrected chi connectivity index (χ1v) is 6.84. The third-order valence-corrected chi connectivity index (χ3v) is 3.54. The number of likely N-dealkylation sites (N-methyl/N-ethyl adjacent to an activating group) is 1. The molecule has 1 saturated heterocycles. The average Bonchev–Trinajstić information content (AvgIpc) is 2.48. The lowest BCUT2D eigenvalue weighted by atomic mass is 10.1. The van der Waals surface area contributed by atoms with Gasteiger partial charge in [-0.3, -0.25) is 4.79 Å². The third kappa shape index (κ3) is 3.49. The molecule has 1 aliphatic rings. The minimum absolute atomic E-state index is 0.0630. The number of methoxy groups -OCH3 is 1. The van der Waals surface area contributed by atoms with Crippen LogP contribution in [0.4, 0.5) is 0 Å². The van der Waals surface area contributed by atoms with E-state index in [9.17, 15) is 4.79 Å². The molecule has 0 spiro atoms. The standard InChI is InChI=1S/C15H22N2O3/c1-11-14(16-8-9-20-11)15(18)17(2)10-12-4-6-13(19-3)7-5-12/h4-7,11,14,16H,8-10H2,1-3H3/t11-,14+/m1/s1. The van der Waals surface area contributed by atoms with Crippen molar-refractivity contribution in [1.82, 2.24) is 10.2 Å². The minimum atomic E-state index is -0.257. The highest BCUT2D eigenvalue weighted by Crippen LogP contribution is 2.14. The van der Waals surface area contributed by atoms with E-state index in [1.54, 1.807) is 12.0 Å². The molecular weight excluding hydrogens is 256 g/mol. The van der Waals surface area contributed by atoms with Crippen LogP contribution < -0.4 is 10.1 Å². The molecule has 110 valence electrons. The Kier molecular flexibility index (Phi) is 4.98. The zero-order chi connectivity index (χ0) is 14.5. The summed E-state index contributed by atoms with van der Waals surface area (Å²) >= 11 is 0. The molecule has 1 heterocycles. The van der Waals surface area contributed by atoms with Crippen LogP contribution in [0.5, 0.6) is 5.75 Å². The van der Waals surface area contributed by atoms with Crippen LogP contribution in [0.15, 0.2) is 24.3 Å². The summed E-state index contributed by atoms with van der Waals surface area (Å²) in [7, 11) is 3.45. The Labute approximate surface area is 119 Å². The van der Waals surface area contributed by atoms with Gasteiger partial charge in [0.15, 0.2) is 0 Å². The molecule has 1 aromatic carbocycles. The van der Waals surface area contributed by atoms with Crippen molar-refractivity contribution in [1.29, 1.82) is 0 Å². The van der Waals surface area contributed by atoms with Gasteiger partial charge in [-0.15, -0.1) is 0 Å². The summed E-state index contributed by atoms with van der Waals surface area (Å²) in [5.74, 6) is 0.881. The van der Waals surface area contributed by atoms with Crippen molar-refractivity contribution < 1.29 is 14.3 Å². The van der Waals surface area contributed by atoms with Crippen LogP contribution in [-0.2, 0) is 16.1 Å². The summed E-state index contributed by atoms with van der Waals surface area (Å²) in [6.07, 6.45) is -0.0884. The van der Waals surface area contributed by atoms with Crippen LogP contribution in [0, 0.1) is 0 Å². The fraction of sp³-hybridized carbons (Fsp3) is 0.533. The summed E-state index contributed by atoms with van der Waals surface area (Å²) in [4.78, 5) is 14.1. The SMILES string of the molecule is COc1ccc(CN(C)C(=O)[C@H]2NCCO[C@@H]2C)cc1. The molecule has 5 heteroatoms. The maximum Gasteiger partial charge on any atom is 0.242 e. The number of nitrogens with one attached hydrogen (secondary N) is 1. The van der Waals surface area contributed by atoms with Gasteiger partial charge in [0, 0.05) is 20.1 Å². The van der Waals surface area contributed by atoms with Crippen LogP contribution in [0.25, 0.3) is 0 Å². The molecule has 5 nitrogen and oxygen atoms in total. The van der Waals surface area contributed by atoms with Crippen molar-refractivity contribution in [3.05, 3.63) is 29.8 Å². The number of ether oxygens (including phenoxy) is 2. The van der Waals surface area contributed by atoms with Gasteiger partial charge in [0.25, 0.3) is 0 Å². The summed E-state index contributed by atoms with van der Waals surface area (Å²) in [5, 5.41) is 3.22. The van der Waals surface area contributed by atoms with E-state index in [1.165, 1.54) is 0 Å². The average molecular weight is 278 g/mol. The summed E-state index contributed by atoms with van der Waals surface area (Å²) < 4.78 is 10.6. The smallest absolute Gasteiger partial charge is 0.242 e. The first kappa shape index (κ1) is 14.8. The first-order chi connectivity index (χ1) is 9.61. The van der Waals surface area contributed by atoms with E-state index >= 15 is 0 Å². The maximum absolute atomic E-state index is 12.4. The summed E-state index contributed by atoms with van der Waals surface area (Å²) in [6, 6.07) is 7.48. The van der Waals surface area contributed by atoms with E-state index < -0.39 is 0 Å². The van der Waals surface area contributed by atoms with Gasteiger partial charge >= 0.3 is 0 Å². The van der Waals surface area contributed by atoms with Gasteiger partial charge in [0.2, 0.25) is 5.91 Å². The normalized spacial score (nSPS) is 22.4. The number of benzene rings is 1. The highest BCUT2D eigenvalue weighted by atomic mass is 16.5. The molecule has 0 radical (unpaired) electrons. The van der Waals surface area contributed by atoms with E-state index in [2.05, 4.69) is 5.32 Å². The van der Waals surface area contributed by atoms with Gasteiger partial charge in [0.05, 0.1) is 19.8 Å². The lowest BCUT2D eigenvalue weighted by Crippen LogP contribution is -2.55. The molecule has 2 rings (SSSR count). The van der Waals surface area contributed by atoms with E-state index in [4.69, 9.17) is 9.47 Å². The largest absolute Gasteiger partial charge is 0.497 e. The molecule has 0 aliphatic carbocycles. The van der Waals surface area contributed by atoms with Gasteiger partial charge in [-0.1, -0.05) is 12.1 Å². The number of carbonyl (C=O) groups excluding carboxylic acids is 1. The monoisotopic (exact) mass is 278 g/mol. The van der Waals surface area contributed by atoms with Crippen LogP contribution in [0.2, 0.25) is 0 Å². The lowest BCUT2D eigenvalue weighted by molar-refractivity contribution is -0.138. The molecular formula is C15H22N2O3. The van der Waals surface area contributed by atoms with E-state index in [-0.39, 0.29) is 18.1 Å². The number of morpholine rings is 1. The van der Waals surface area contributed by atoms with Crippen molar-refractivity contribution in [2.24, 2.45) is 0 Å². The quantitative estimate of drug-likeness (QED) is 0.894. The predicted octanol–water partition coefficient (Wildman–Crippen LogP) is 1.03. The fourth-order valence-electron chi connectivity index (χ4n) is 2.33. The third-order valence-electron chi connectivity index (χ3n) is 3.54. The number of hydrogen-bond acceptors (Lipinski definition) is 4. The number of amides is 1. The Morgan fingerprint density at radius 2 is 2.15 bits per heavy atom. The molecule has 1 amide bonds. The Hall–Kier alpha value is -1.59. The number of hydrogen-bond donors (Lipinski definition) is 1. The van der Waals surface area contributed by atoms with Crippen LogP contribution in [-0.4, -0.2) is 50.3 Å². The molecule has 0 bridgehead atoms. The molecule has 1 fully saturated rings. The van der Waals surface area contributed by atoms with Crippen molar-refractivity contribution in [2.75, 3.05) is 27.3 Å². The van der Waals surface area contributed by atoms with Crippen molar-refractivity contribution in [2.45, 2.75) is 25.6 Å². The molecule has 0 aromatic heterocycles. The van der Waals surface area contributed by atoms with Gasteiger partial charge in [-0.2, -0.15) is 0 Å². The second kappa shape index (κ2) is 6.72. The van der Waals surface area contributed by atoms with E-state index in [0.717, 1.165) is 17.9 Å². The Bertz CT molecular complexity index is 447. The number of carbonyl (C=O) groups is 1. The van der Waals surface area contributed by atoms with E-state index in [0.29, 0.717) is 13.2 Å². The molecule has 0 saturated carbocycles.